The summed E-state index contributed by atoms with van der Waals surface area (Å²) in [6, 6.07) is 9.94. The van der Waals surface area contributed by atoms with E-state index >= 15 is 0 Å². The number of hydrogen-bond acceptors (Lipinski definition) is 6. The van der Waals surface area contributed by atoms with E-state index in [1.807, 2.05) is 35.7 Å². The van der Waals surface area contributed by atoms with E-state index in [1.54, 1.807) is 6.20 Å². The molecular formula is C15H13N3O2S. The highest BCUT2D eigenvalue weighted by Gasteiger charge is 2.08. The van der Waals surface area contributed by atoms with E-state index in [4.69, 9.17) is 0 Å². The fraction of sp³-hybridized carbons (Fsp3) is 0.133. The van der Waals surface area contributed by atoms with E-state index in [1.165, 1.54) is 18.4 Å². The van der Waals surface area contributed by atoms with Gasteiger partial charge in [-0.25, -0.2) is 4.98 Å². The third-order valence-corrected chi connectivity index (χ3v) is 3.75. The highest BCUT2D eigenvalue weighted by molar-refractivity contribution is 7.13. The molecule has 1 aromatic carbocycles. The molecule has 0 spiro atoms. The van der Waals surface area contributed by atoms with Crippen molar-refractivity contribution in [3.8, 4) is 0 Å². The van der Waals surface area contributed by atoms with Gasteiger partial charge < -0.3 is 10.1 Å². The molecule has 3 rings (SSSR count). The Balaban J connectivity index is 1.77. The van der Waals surface area contributed by atoms with Crippen molar-refractivity contribution in [2.24, 2.45) is 0 Å². The summed E-state index contributed by atoms with van der Waals surface area (Å²) in [5.74, 6) is -0.292. The maximum Gasteiger partial charge on any atom is 0.311 e. The average Bonchev–Trinajstić information content (AvgIpc) is 2.94. The summed E-state index contributed by atoms with van der Waals surface area (Å²) in [6.45, 7) is 0. The maximum absolute atomic E-state index is 11.2. The molecule has 5 nitrogen and oxygen atoms in total. The zero-order valence-electron chi connectivity index (χ0n) is 11.4. The summed E-state index contributed by atoms with van der Waals surface area (Å²) in [5, 5.41) is 6.83. The topological polar surface area (TPSA) is 64.1 Å². The van der Waals surface area contributed by atoms with Crippen LogP contribution in [0.4, 0.5) is 10.8 Å². The number of hydrogen-bond donors (Lipinski definition) is 1. The van der Waals surface area contributed by atoms with Gasteiger partial charge >= 0.3 is 5.97 Å². The van der Waals surface area contributed by atoms with E-state index in [-0.39, 0.29) is 12.4 Å². The number of anilines is 2. The number of thiazole rings is 1. The standard InChI is InChI=1S/C15H13N3O2S/c1-20-14(19)7-12-9-21-15(18-12)17-11-6-10-4-2-3-5-13(10)16-8-11/h2-6,8-9H,7H2,1H3,(H,17,18). The number of esters is 1. The number of para-hydroxylation sites is 1. The van der Waals surface area contributed by atoms with Crippen LogP contribution in [-0.4, -0.2) is 23.0 Å². The molecule has 0 aliphatic heterocycles. The minimum Gasteiger partial charge on any atom is -0.469 e. The predicted molar refractivity (Wildman–Crippen MR) is 82.9 cm³/mol. The second-order valence-corrected chi connectivity index (χ2v) is 5.30. The third kappa shape index (κ3) is 3.17. The summed E-state index contributed by atoms with van der Waals surface area (Å²) in [5.41, 5.74) is 2.52. The third-order valence-electron chi connectivity index (χ3n) is 2.95. The van der Waals surface area contributed by atoms with Crippen LogP contribution < -0.4 is 5.32 Å². The van der Waals surface area contributed by atoms with Crippen molar-refractivity contribution < 1.29 is 9.53 Å². The highest BCUT2D eigenvalue weighted by Crippen LogP contribution is 2.23. The number of ether oxygens (including phenoxy) is 1. The average molecular weight is 299 g/mol. The molecule has 106 valence electrons. The molecule has 0 aliphatic carbocycles. The number of nitrogens with one attached hydrogen (secondary N) is 1. The molecule has 0 radical (unpaired) electrons. The van der Waals surface area contributed by atoms with Gasteiger partial charge in [0.1, 0.15) is 0 Å². The number of nitrogens with zero attached hydrogens (tertiary/aromatic N) is 2. The van der Waals surface area contributed by atoms with Crippen LogP contribution in [0.15, 0.2) is 41.9 Å². The van der Waals surface area contributed by atoms with E-state index < -0.39 is 0 Å². The first-order valence-corrected chi connectivity index (χ1v) is 7.25. The van der Waals surface area contributed by atoms with Crippen molar-refractivity contribution in [3.63, 3.8) is 0 Å². The lowest BCUT2D eigenvalue weighted by atomic mass is 10.2. The number of carbonyl (C=O) groups excluding carboxylic acids is 1. The number of carbonyl (C=O) groups is 1. The lowest BCUT2D eigenvalue weighted by Gasteiger charge is -2.03. The van der Waals surface area contributed by atoms with Crippen LogP contribution in [0.3, 0.4) is 0 Å². The largest absolute Gasteiger partial charge is 0.469 e. The number of benzene rings is 1. The van der Waals surface area contributed by atoms with E-state index in [0.717, 1.165) is 21.7 Å². The van der Waals surface area contributed by atoms with Crippen LogP contribution in [0.5, 0.6) is 0 Å². The molecule has 0 aliphatic rings. The van der Waals surface area contributed by atoms with Crippen molar-refractivity contribution in [2.45, 2.75) is 6.42 Å². The van der Waals surface area contributed by atoms with Gasteiger partial charge in [0, 0.05) is 10.8 Å². The molecular weight excluding hydrogens is 286 g/mol. The molecule has 1 N–H and O–H groups in total. The van der Waals surface area contributed by atoms with Crippen molar-refractivity contribution >= 4 is 39.0 Å². The normalized spacial score (nSPS) is 10.5. The Labute approximate surface area is 125 Å². The first-order chi connectivity index (χ1) is 10.2. The molecule has 0 bridgehead atoms. The van der Waals surface area contributed by atoms with Gasteiger partial charge in [0.2, 0.25) is 0 Å². The summed E-state index contributed by atoms with van der Waals surface area (Å²) in [7, 11) is 1.37. The predicted octanol–water partition coefficient (Wildman–Crippen LogP) is 3.15. The molecule has 2 aromatic heterocycles. The van der Waals surface area contributed by atoms with Gasteiger partial charge in [-0.2, -0.15) is 0 Å². The second-order valence-electron chi connectivity index (χ2n) is 4.44. The van der Waals surface area contributed by atoms with Crippen LogP contribution in [-0.2, 0) is 16.0 Å². The van der Waals surface area contributed by atoms with Crippen LogP contribution in [0, 0.1) is 0 Å². The van der Waals surface area contributed by atoms with E-state index in [2.05, 4.69) is 20.0 Å². The Kier molecular flexibility index (Phi) is 3.79. The van der Waals surface area contributed by atoms with Crippen LogP contribution in [0.2, 0.25) is 0 Å². The molecule has 3 aromatic rings. The van der Waals surface area contributed by atoms with E-state index in [0.29, 0.717) is 5.69 Å². The molecule has 0 amide bonds. The molecule has 0 atom stereocenters. The van der Waals surface area contributed by atoms with Crippen molar-refractivity contribution in [2.75, 3.05) is 12.4 Å². The molecule has 6 heteroatoms. The quantitative estimate of drug-likeness (QED) is 0.750. The van der Waals surface area contributed by atoms with Gasteiger partial charge in [-0.1, -0.05) is 18.2 Å². The number of methoxy groups -OCH3 is 1. The lowest BCUT2D eigenvalue weighted by Crippen LogP contribution is -2.04. The zero-order chi connectivity index (χ0) is 14.7. The highest BCUT2D eigenvalue weighted by atomic mass is 32.1. The van der Waals surface area contributed by atoms with Crippen LogP contribution in [0.1, 0.15) is 5.69 Å². The molecule has 0 unspecified atom stereocenters. The van der Waals surface area contributed by atoms with Gasteiger partial charge in [-0.3, -0.25) is 9.78 Å². The Hall–Kier alpha value is -2.47. The Morgan fingerprint density at radius 3 is 3.10 bits per heavy atom. The van der Waals surface area contributed by atoms with Crippen molar-refractivity contribution in [1.82, 2.24) is 9.97 Å². The zero-order valence-corrected chi connectivity index (χ0v) is 12.2. The minimum absolute atomic E-state index is 0.185. The first-order valence-electron chi connectivity index (χ1n) is 6.37. The van der Waals surface area contributed by atoms with Gasteiger partial charge in [-0.15, -0.1) is 11.3 Å². The van der Waals surface area contributed by atoms with Gasteiger partial charge in [0.25, 0.3) is 0 Å². The minimum atomic E-state index is -0.292. The number of rotatable bonds is 4. The number of pyridine rings is 1. The number of aromatic nitrogens is 2. The summed E-state index contributed by atoms with van der Waals surface area (Å²) in [6.07, 6.45) is 1.95. The SMILES string of the molecule is COC(=O)Cc1csc(Nc2cnc3ccccc3c2)n1. The fourth-order valence-corrected chi connectivity index (χ4v) is 2.66. The van der Waals surface area contributed by atoms with Gasteiger partial charge in [0.05, 0.1) is 36.6 Å². The maximum atomic E-state index is 11.2. The number of fused-ring (bicyclic) bond motifs is 1. The summed E-state index contributed by atoms with van der Waals surface area (Å²) < 4.78 is 4.63. The van der Waals surface area contributed by atoms with Gasteiger partial charge in [-0.05, 0) is 12.1 Å². The van der Waals surface area contributed by atoms with Crippen LogP contribution in [0.25, 0.3) is 10.9 Å². The van der Waals surface area contributed by atoms with Crippen LogP contribution >= 0.6 is 11.3 Å². The van der Waals surface area contributed by atoms with Gasteiger partial charge in [0.15, 0.2) is 5.13 Å². The lowest BCUT2D eigenvalue weighted by molar-refractivity contribution is -0.139. The molecule has 0 fully saturated rings. The second kappa shape index (κ2) is 5.88. The smallest absolute Gasteiger partial charge is 0.311 e. The Bertz CT molecular complexity index is 785. The molecule has 0 saturated heterocycles. The molecule has 21 heavy (non-hydrogen) atoms. The summed E-state index contributed by atoms with van der Waals surface area (Å²) in [4.78, 5) is 19.9. The molecule has 0 saturated carbocycles. The van der Waals surface area contributed by atoms with E-state index in [9.17, 15) is 4.79 Å². The first kappa shape index (κ1) is 13.5. The van der Waals surface area contributed by atoms with Crippen molar-refractivity contribution in [1.29, 1.82) is 0 Å². The monoisotopic (exact) mass is 299 g/mol. The Morgan fingerprint density at radius 2 is 2.24 bits per heavy atom. The van der Waals surface area contributed by atoms with Crippen molar-refractivity contribution in [3.05, 3.63) is 47.6 Å². The fourth-order valence-electron chi connectivity index (χ4n) is 1.93. The summed E-state index contributed by atoms with van der Waals surface area (Å²) >= 11 is 1.44. The molecule has 2 heterocycles. The Morgan fingerprint density at radius 1 is 1.38 bits per heavy atom.